The molecule has 48 heavy (non-hydrogen) atoms. The second-order valence-electron chi connectivity index (χ2n) is 11.6. The first-order valence-corrected chi connectivity index (χ1v) is 17.7. The molecule has 5 nitrogen and oxygen atoms in total. The molecule has 248 valence electrons. The van der Waals surface area contributed by atoms with Crippen LogP contribution in [0.1, 0.15) is 95.3 Å². The van der Waals surface area contributed by atoms with Crippen LogP contribution in [0.25, 0.3) is 16.7 Å². The number of benzene rings is 4. The molecule has 0 fully saturated rings. The normalized spacial score (nSPS) is 14.0. The quantitative estimate of drug-likeness (QED) is 0.152. The van der Waals surface area contributed by atoms with Crippen LogP contribution in [0, 0.1) is 0 Å². The Hall–Kier alpha value is -4.13. The Kier molecular flexibility index (Phi) is 12.7. The van der Waals surface area contributed by atoms with E-state index in [9.17, 15) is 9.59 Å². The number of hydrogen-bond acceptors (Lipinski definition) is 5. The van der Waals surface area contributed by atoms with Gasteiger partial charge in [0.15, 0.2) is 0 Å². The molecule has 6 rings (SSSR count). The summed E-state index contributed by atoms with van der Waals surface area (Å²) in [5, 5.41) is 0.682. The van der Waals surface area contributed by atoms with Crippen molar-refractivity contribution in [2.75, 3.05) is 13.2 Å². The van der Waals surface area contributed by atoms with Crippen molar-refractivity contribution < 1.29 is 23.8 Å². The predicted octanol–water partition coefficient (Wildman–Crippen LogP) is 11.3. The third-order valence-electron chi connectivity index (χ3n) is 8.32. The van der Waals surface area contributed by atoms with E-state index in [1.165, 1.54) is 27.6 Å². The van der Waals surface area contributed by atoms with Crippen molar-refractivity contribution in [2.24, 2.45) is 0 Å². The number of hydrogen-bond donors (Lipinski definition) is 0. The lowest BCUT2D eigenvalue weighted by Crippen LogP contribution is -2.04. The number of halogens is 2. The molecule has 0 radical (unpaired) electrons. The highest BCUT2D eigenvalue weighted by Gasteiger charge is 2.22. The molecule has 0 bridgehead atoms. The Morgan fingerprint density at radius 3 is 1.85 bits per heavy atom. The standard InChI is InChI=1S/C27H25ClO3.C14H15BrO2/c1-2-30-27(29)21-11-6-10-20(16-21)23-12-7-13-24(23)25-17-22(28)14-15-26(25)31-18-19-8-4-3-5-9-19;1-2-17-14(16)11-6-3-5-10(9-11)12-7-4-8-13(12)15/h3-6,8-11,14-17H,2,7,12-13,18H2,1H3;3,5-6,9H,2,4,7-8H2,1H3. The summed E-state index contributed by atoms with van der Waals surface area (Å²) in [7, 11) is 0. The number of carbonyl (C=O) groups is 2. The maximum absolute atomic E-state index is 12.2. The molecule has 4 aromatic rings. The van der Waals surface area contributed by atoms with Gasteiger partial charge in [-0.3, -0.25) is 0 Å². The molecule has 0 aliphatic heterocycles. The van der Waals surface area contributed by atoms with E-state index in [0.29, 0.717) is 36.0 Å². The number of ether oxygens (including phenoxy) is 3. The van der Waals surface area contributed by atoms with Gasteiger partial charge in [-0.1, -0.05) is 82.1 Å². The van der Waals surface area contributed by atoms with E-state index in [1.54, 1.807) is 12.1 Å². The maximum atomic E-state index is 12.2. The lowest BCUT2D eigenvalue weighted by molar-refractivity contribution is 0.0516. The number of carbonyl (C=O) groups excluding carboxylic acids is 2. The highest BCUT2D eigenvalue weighted by atomic mass is 79.9. The molecule has 0 heterocycles. The molecule has 0 unspecified atom stereocenters. The summed E-state index contributed by atoms with van der Waals surface area (Å²) in [6.45, 7) is 4.90. The smallest absolute Gasteiger partial charge is 0.338 e. The minimum absolute atomic E-state index is 0.246. The van der Waals surface area contributed by atoms with Crippen LogP contribution in [0.4, 0.5) is 0 Å². The fourth-order valence-corrected chi connectivity index (χ4v) is 6.94. The lowest BCUT2D eigenvalue weighted by atomic mass is 9.95. The molecule has 0 saturated carbocycles. The molecular weight excluding hydrogens is 688 g/mol. The van der Waals surface area contributed by atoms with Crippen molar-refractivity contribution >= 4 is 56.2 Å². The monoisotopic (exact) mass is 726 g/mol. The van der Waals surface area contributed by atoms with Gasteiger partial charge in [0.25, 0.3) is 0 Å². The highest BCUT2D eigenvalue weighted by Crippen LogP contribution is 2.44. The third-order valence-corrected chi connectivity index (χ3v) is 9.43. The van der Waals surface area contributed by atoms with E-state index in [4.69, 9.17) is 25.8 Å². The number of esters is 2. The number of rotatable bonds is 10. The van der Waals surface area contributed by atoms with Crippen LogP contribution in [0.15, 0.2) is 102 Å². The summed E-state index contributed by atoms with van der Waals surface area (Å²) >= 11 is 9.97. The van der Waals surface area contributed by atoms with Gasteiger partial charge in [-0.15, -0.1) is 0 Å². The molecule has 2 aliphatic carbocycles. The van der Waals surface area contributed by atoms with Crippen LogP contribution in [0.5, 0.6) is 5.75 Å². The Bertz CT molecular complexity index is 1810. The van der Waals surface area contributed by atoms with Crippen LogP contribution in [-0.4, -0.2) is 25.2 Å². The van der Waals surface area contributed by atoms with Crippen LogP contribution < -0.4 is 4.74 Å². The van der Waals surface area contributed by atoms with Crippen molar-refractivity contribution in [2.45, 2.75) is 59.0 Å². The minimum Gasteiger partial charge on any atom is -0.488 e. The molecule has 0 atom stereocenters. The minimum atomic E-state index is -0.292. The summed E-state index contributed by atoms with van der Waals surface area (Å²) in [4.78, 5) is 23.8. The Morgan fingerprint density at radius 2 is 1.25 bits per heavy atom. The van der Waals surface area contributed by atoms with Gasteiger partial charge in [0, 0.05) is 10.6 Å². The molecule has 2 aliphatic rings. The topological polar surface area (TPSA) is 61.8 Å². The van der Waals surface area contributed by atoms with Crippen LogP contribution >= 0.6 is 27.5 Å². The van der Waals surface area contributed by atoms with Gasteiger partial charge in [-0.2, -0.15) is 0 Å². The molecule has 0 saturated heterocycles. The average molecular weight is 728 g/mol. The van der Waals surface area contributed by atoms with Crippen molar-refractivity contribution in [3.63, 3.8) is 0 Å². The van der Waals surface area contributed by atoms with E-state index in [-0.39, 0.29) is 11.9 Å². The zero-order valence-electron chi connectivity index (χ0n) is 27.4. The van der Waals surface area contributed by atoms with Crippen molar-refractivity contribution in [3.8, 4) is 5.75 Å². The summed E-state index contributed by atoms with van der Waals surface area (Å²) in [5.41, 5.74) is 9.30. The fraction of sp³-hybridized carbons (Fsp3) is 0.268. The zero-order chi connectivity index (χ0) is 33.9. The highest BCUT2D eigenvalue weighted by molar-refractivity contribution is 9.11. The fourth-order valence-electron chi connectivity index (χ4n) is 6.06. The van der Waals surface area contributed by atoms with E-state index in [0.717, 1.165) is 60.1 Å². The first-order chi connectivity index (χ1) is 23.4. The van der Waals surface area contributed by atoms with Gasteiger partial charge in [0.05, 0.1) is 24.3 Å². The predicted molar refractivity (Wildman–Crippen MR) is 197 cm³/mol. The third kappa shape index (κ3) is 9.06. The van der Waals surface area contributed by atoms with Gasteiger partial charge in [-0.25, -0.2) is 9.59 Å². The second kappa shape index (κ2) is 17.3. The Labute approximate surface area is 296 Å². The largest absolute Gasteiger partial charge is 0.488 e. The van der Waals surface area contributed by atoms with Gasteiger partial charge in [-0.05, 0) is 133 Å². The molecular formula is C41H40BrClO5. The van der Waals surface area contributed by atoms with Gasteiger partial charge >= 0.3 is 11.9 Å². The van der Waals surface area contributed by atoms with Gasteiger partial charge < -0.3 is 14.2 Å². The van der Waals surface area contributed by atoms with E-state index >= 15 is 0 Å². The van der Waals surface area contributed by atoms with Crippen molar-refractivity contribution in [1.82, 2.24) is 0 Å². The SMILES string of the molecule is CCOC(=O)c1cccc(C2=C(Br)CCC2)c1.CCOC(=O)c1cccc(C2=C(c3cc(Cl)ccc3OCc3ccccc3)CCC2)c1. The molecule has 0 spiro atoms. The van der Waals surface area contributed by atoms with E-state index in [2.05, 4.69) is 34.1 Å². The first-order valence-electron chi connectivity index (χ1n) is 16.5. The number of allylic oxidation sites excluding steroid dienone is 4. The first kappa shape index (κ1) is 35.2. The molecule has 0 N–H and O–H groups in total. The summed E-state index contributed by atoms with van der Waals surface area (Å²) < 4.78 is 17.6. The zero-order valence-corrected chi connectivity index (χ0v) is 29.7. The second-order valence-corrected chi connectivity index (χ2v) is 13.0. The molecule has 7 heteroatoms. The Morgan fingerprint density at radius 1 is 0.667 bits per heavy atom. The molecule has 4 aromatic carbocycles. The van der Waals surface area contributed by atoms with Crippen LogP contribution in [0.3, 0.4) is 0 Å². The maximum Gasteiger partial charge on any atom is 0.338 e. The molecule has 0 aromatic heterocycles. The molecule has 0 amide bonds. The van der Waals surface area contributed by atoms with Crippen molar-refractivity contribution in [3.05, 3.63) is 140 Å². The van der Waals surface area contributed by atoms with Crippen LogP contribution in [0.2, 0.25) is 5.02 Å². The van der Waals surface area contributed by atoms with Gasteiger partial charge in [0.1, 0.15) is 12.4 Å². The Balaban J connectivity index is 0.000000224. The lowest BCUT2D eigenvalue weighted by Gasteiger charge is -2.15. The summed E-state index contributed by atoms with van der Waals surface area (Å²) in [5.74, 6) is 0.285. The van der Waals surface area contributed by atoms with Gasteiger partial charge in [0.2, 0.25) is 0 Å². The average Bonchev–Trinajstić information content (AvgIpc) is 3.78. The van der Waals surface area contributed by atoms with E-state index < -0.39 is 0 Å². The van der Waals surface area contributed by atoms with Crippen molar-refractivity contribution in [1.29, 1.82) is 0 Å². The van der Waals surface area contributed by atoms with E-state index in [1.807, 2.05) is 80.6 Å². The summed E-state index contributed by atoms with van der Waals surface area (Å²) in [6.07, 6.45) is 6.30. The van der Waals surface area contributed by atoms with Crippen LogP contribution in [-0.2, 0) is 16.1 Å². The summed E-state index contributed by atoms with van der Waals surface area (Å²) in [6, 6.07) is 31.3.